The van der Waals surface area contributed by atoms with Gasteiger partial charge >= 0.3 is 11.9 Å². The second-order valence-corrected chi connectivity index (χ2v) is 16.8. The molecule has 0 N–H and O–H groups in total. The van der Waals surface area contributed by atoms with Crippen molar-refractivity contribution in [3.8, 4) is 23.0 Å². The first kappa shape index (κ1) is 46.6. The number of carbonyl (C=O) groups excluding carboxylic acids is 4. The Morgan fingerprint density at radius 2 is 0.864 bits per heavy atom. The zero-order chi connectivity index (χ0) is 45.5. The highest BCUT2D eigenvalue weighted by Crippen LogP contribution is 2.48. The van der Waals surface area contributed by atoms with Gasteiger partial charge < -0.3 is 37.9 Å². The summed E-state index contributed by atoms with van der Waals surface area (Å²) in [4.78, 5) is 54.8. The molecule has 2 aliphatic heterocycles. The van der Waals surface area contributed by atoms with Crippen LogP contribution in [-0.2, 0) is 28.4 Å². The van der Waals surface area contributed by atoms with E-state index in [1.54, 1.807) is 84.9 Å². The van der Waals surface area contributed by atoms with Crippen LogP contribution in [0.1, 0.15) is 142 Å². The van der Waals surface area contributed by atoms with Gasteiger partial charge in [-0.1, -0.05) is 61.4 Å². The molecule has 12 heteroatoms. The molecule has 0 saturated carbocycles. The molecule has 2 heterocycles. The molecule has 8 rings (SSSR count). The van der Waals surface area contributed by atoms with E-state index in [1.807, 2.05) is 12.1 Å². The van der Waals surface area contributed by atoms with Crippen LogP contribution in [0.15, 0.2) is 97.1 Å². The molecule has 346 valence electrons. The fraction of sp³-hybridized carbons (Fsp3) is 0.407. The van der Waals surface area contributed by atoms with Crippen molar-refractivity contribution in [1.82, 2.24) is 0 Å². The Morgan fingerprint density at radius 1 is 0.470 bits per heavy atom. The molecule has 2 unspecified atom stereocenters. The Hall–Kier alpha value is -5.92. The summed E-state index contributed by atoms with van der Waals surface area (Å²) in [7, 11) is 0. The summed E-state index contributed by atoms with van der Waals surface area (Å²) in [6, 6.07) is 26.9. The summed E-state index contributed by atoms with van der Waals surface area (Å²) in [6.45, 7) is 3.48. The number of benzene rings is 5. The van der Waals surface area contributed by atoms with Crippen LogP contribution in [0.25, 0.3) is 10.8 Å². The number of esters is 2. The normalized spacial score (nSPS) is 16.9. The van der Waals surface area contributed by atoms with Gasteiger partial charge in [-0.2, -0.15) is 0 Å². The predicted molar refractivity (Wildman–Crippen MR) is 247 cm³/mol. The fourth-order valence-corrected chi connectivity index (χ4v) is 8.45. The number of ether oxygens (including phenoxy) is 8. The number of ketones is 2. The first-order valence-corrected chi connectivity index (χ1v) is 23.6. The summed E-state index contributed by atoms with van der Waals surface area (Å²) < 4.78 is 47.0. The Morgan fingerprint density at radius 3 is 1.26 bits per heavy atom. The van der Waals surface area contributed by atoms with Gasteiger partial charge in [0, 0.05) is 48.3 Å². The molecular weight excluding hydrogens is 841 g/mol. The molecule has 66 heavy (non-hydrogen) atoms. The van der Waals surface area contributed by atoms with Crippen LogP contribution in [0.4, 0.5) is 0 Å². The molecule has 5 aromatic carbocycles. The number of carbonyl (C=O) groups is 4. The highest BCUT2D eigenvalue weighted by Gasteiger charge is 2.38. The standard InChI is InChI=1S/C54H58O12/c55-49-41-17-5-6-18-42(41)50(56)48-47(49)51(65-39-27-23-37(24-28-39)53(57)63-35-13-3-1-11-31-59-45-21-9-15-33-61-45)43-19-7-8-20-44(43)52(48)66-40-29-25-38(26-30-40)54(58)64-36-14-4-2-12-32-60-46-22-10-16-34-62-46/h5-8,17-20,23-30,45-46H,1-4,9-16,21-22,31-36H2. The largest absolute Gasteiger partial charge is 0.462 e. The number of hydrogen-bond donors (Lipinski definition) is 0. The summed E-state index contributed by atoms with van der Waals surface area (Å²) in [5, 5.41) is 1.07. The van der Waals surface area contributed by atoms with Crippen LogP contribution in [0.3, 0.4) is 0 Å². The first-order valence-electron chi connectivity index (χ1n) is 23.6. The van der Waals surface area contributed by atoms with Crippen molar-refractivity contribution in [3.63, 3.8) is 0 Å². The lowest BCUT2D eigenvalue weighted by Gasteiger charge is -2.25. The van der Waals surface area contributed by atoms with Crippen LogP contribution in [0.5, 0.6) is 23.0 Å². The monoisotopic (exact) mass is 898 g/mol. The van der Waals surface area contributed by atoms with Crippen molar-refractivity contribution in [1.29, 1.82) is 0 Å². The maximum absolute atomic E-state index is 14.5. The van der Waals surface area contributed by atoms with Gasteiger partial charge in [-0.05, 0) is 126 Å². The summed E-state index contributed by atoms with van der Waals surface area (Å²) in [5.74, 6) is -0.592. The molecule has 2 saturated heterocycles. The Balaban J connectivity index is 0.905. The lowest BCUT2D eigenvalue weighted by molar-refractivity contribution is -0.163. The molecule has 1 aliphatic carbocycles. The molecule has 0 bridgehead atoms. The van der Waals surface area contributed by atoms with E-state index in [0.717, 1.165) is 103 Å². The van der Waals surface area contributed by atoms with Gasteiger partial charge in [0.05, 0.1) is 35.5 Å². The Bertz CT molecular complexity index is 2260. The number of hydrogen-bond acceptors (Lipinski definition) is 12. The molecular formula is C54H58O12. The third-order valence-corrected chi connectivity index (χ3v) is 12.0. The minimum atomic E-state index is -0.445. The fourth-order valence-electron chi connectivity index (χ4n) is 8.45. The first-order chi connectivity index (χ1) is 32.4. The summed E-state index contributed by atoms with van der Waals surface area (Å²) >= 11 is 0. The average molecular weight is 899 g/mol. The van der Waals surface area contributed by atoms with Gasteiger partial charge in [-0.15, -0.1) is 0 Å². The highest BCUT2D eigenvalue weighted by molar-refractivity contribution is 6.32. The van der Waals surface area contributed by atoms with E-state index >= 15 is 0 Å². The third kappa shape index (κ3) is 11.9. The molecule has 2 fully saturated rings. The maximum Gasteiger partial charge on any atom is 0.338 e. The van der Waals surface area contributed by atoms with Crippen molar-refractivity contribution in [2.45, 2.75) is 102 Å². The molecule has 0 aromatic heterocycles. The van der Waals surface area contributed by atoms with Crippen LogP contribution < -0.4 is 9.47 Å². The average Bonchev–Trinajstić information content (AvgIpc) is 3.36. The summed E-state index contributed by atoms with van der Waals surface area (Å²) in [6.07, 6.45) is 13.4. The molecule has 12 nitrogen and oxygen atoms in total. The van der Waals surface area contributed by atoms with Gasteiger partial charge in [0.25, 0.3) is 0 Å². The van der Waals surface area contributed by atoms with E-state index in [9.17, 15) is 19.2 Å². The predicted octanol–water partition coefficient (Wildman–Crippen LogP) is 11.7. The lowest BCUT2D eigenvalue weighted by Crippen LogP contribution is -2.22. The highest BCUT2D eigenvalue weighted by atomic mass is 16.7. The van der Waals surface area contributed by atoms with E-state index in [4.69, 9.17) is 37.9 Å². The van der Waals surface area contributed by atoms with Crippen molar-refractivity contribution >= 4 is 34.3 Å². The van der Waals surface area contributed by atoms with E-state index in [1.165, 1.54) is 0 Å². The molecule has 3 aliphatic rings. The Kier molecular flexibility index (Phi) is 16.6. The van der Waals surface area contributed by atoms with Gasteiger partial charge in [0.1, 0.15) is 23.0 Å². The second-order valence-electron chi connectivity index (χ2n) is 16.8. The van der Waals surface area contributed by atoms with Gasteiger partial charge in [-0.3, -0.25) is 9.59 Å². The number of fused-ring (bicyclic) bond motifs is 3. The zero-order valence-electron chi connectivity index (χ0n) is 37.4. The van der Waals surface area contributed by atoms with E-state index in [0.29, 0.717) is 59.8 Å². The van der Waals surface area contributed by atoms with Crippen LogP contribution in [-0.4, -0.2) is 75.7 Å². The summed E-state index contributed by atoms with van der Waals surface area (Å²) in [5.41, 5.74) is 1.35. The minimum Gasteiger partial charge on any atom is -0.462 e. The molecule has 0 radical (unpaired) electrons. The van der Waals surface area contributed by atoms with Crippen LogP contribution >= 0.6 is 0 Å². The van der Waals surface area contributed by atoms with Gasteiger partial charge in [-0.25, -0.2) is 9.59 Å². The maximum atomic E-state index is 14.5. The Labute approximate surface area is 385 Å². The van der Waals surface area contributed by atoms with Crippen LogP contribution in [0.2, 0.25) is 0 Å². The zero-order valence-corrected chi connectivity index (χ0v) is 37.4. The van der Waals surface area contributed by atoms with Crippen molar-refractivity contribution < 1.29 is 57.1 Å². The van der Waals surface area contributed by atoms with Gasteiger partial charge in [0.15, 0.2) is 24.1 Å². The SMILES string of the molecule is O=C(OCCCCCCOC1CCCCO1)c1ccc(Oc2c3c(c(Oc4ccc(C(=O)OCCCCCCOC5CCCCO5)cc4)c4ccccc24)C(=O)c2ccccc2C3=O)cc1. The molecule has 0 spiro atoms. The quantitative estimate of drug-likeness (QED) is 0.0473. The topological polar surface area (TPSA) is 142 Å². The third-order valence-electron chi connectivity index (χ3n) is 12.0. The van der Waals surface area contributed by atoms with Crippen molar-refractivity contribution in [2.24, 2.45) is 0 Å². The van der Waals surface area contributed by atoms with Crippen molar-refractivity contribution in [3.05, 3.63) is 130 Å². The minimum absolute atomic E-state index is 0.0655. The lowest BCUT2D eigenvalue weighted by atomic mass is 9.81. The van der Waals surface area contributed by atoms with E-state index in [2.05, 4.69) is 0 Å². The van der Waals surface area contributed by atoms with Crippen LogP contribution in [0, 0.1) is 0 Å². The molecule has 5 aromatic rings. The molecule has 2 atom stereocenters. The number of rotatable bonds is 22. The smallest absolute Gasteiger partial charge is 0.338 e. The van der Waals surface area contributed by atoms with Crippen molar-refractivity contribution in [2.75, 3.05) is 39.6 Å². The molecule has 0 amide bonds. The second kappa shape index (κ2) is 23.5. The van der Waals surface area contributed by atoms with E-state index in [-0.39, 0.29) is 46.3 Å². The number of unbranched alkanes of at least 4 members (excludes halogenated alkanes) is 6. The van der Waals surface area contributed by atoms with Gasteiger partial charge in [0.2, 0.25) is 0 Å². The van der Waals surface area contributed by atoms with E-state index < -0.39 is 23.5 Å².